The summed E-state index contributed by atoms with van der Waals surface area (Å²) in [7, 11) is 0. The predicted molar refractivity (Wildman–Crippen MR) is 85.5 cm³/mol. The van der Waals surface area contributed by atoms with Crippen LogP contribution in [-0.2, 0) is 14.3 Å². The number of nitrogens with zero attached hydrogens (tertiary/aromatic N) is 2. The molecule has 8 nitrogen and oxygen atoms in total. The Bertz CT molecular complexity index is 645. The van der Waals surface area contributed by atoms with Crippen molar-refractivity contribution in [2.75, 3.05) is 26.3 Å². The molecule has 2 N–H and O–H groups in total. The Morgan fingerprint density at radius 1 is 1.21 bits per heavy atom. The molecule has 1 aromatic carbocycles. The van der Waals surface area contributed by atoms with Gasteiger partial charge in [0.25, 0.3) is 5.91 Å². The summed E-state index contributed by atoms with van der Waals surface area (Å²) in [5.74, 6) is -1.85. The van der Waals surface area contributed by atoms with Crippen molar-refractivity contribution in [1.82, 2.24) is 10.6 Å². The first-order valence-corrected chi connectivity index (χ1v) is 7.81. The van der Waals surface area contributed by atoms with Crippen molar-refractivity contribution < 1.29 is 19.1 Å². The minimum Gasteiger partial charge on any atom is -0.382 e. The first-order chi connectivity index (χ1) is 11.6. The highest BCUT2D eigenvalue weighted by Crippen LogP contribution is 2.26. The summed E-state index contributed by atoms with van der Waals surface area (Å²) in [5, 5.41) is 12.5. The molecule has 1 unspecified atom stereocenters. The smallest absolute Gasteiger partial charge is 0.309 e. The number of carbonyl (C=O) groups excluding carboxylic acids is 3. The van der Waals surface area contributed by atoms with Crippen molar-refractivity contribution in [3.63, 3.8) is 0 Å². The van der Waals surface area contributed by atoms with Gasteiger partial charge in [-0.2, -0.15) is 5.11 Å². The zero-order valence-corrected chi connectivity index (χ0v) is 13.4. The van der Waals surface area contributed by atoms with Gasteiger partial charge >= 0.3 is 11.8 Å². The van der Waals surface area contributed by atoms with Crippen LogP contribution >= 0.6 is 0 Å². The monoisotopic (exact) mass is 332 g/mol. The molecule has 0 aromatic heterocycles. The van der Waals surface area contributed by atoms with Crippen molar-refractivity contribution in [1.29, 1.82) is 0 Å². The zero-order valence-electron chi connectivity index (χ0n) is 13.4. The van der Waals surface area contributed by atoms with Crippen molar-refractivity contribution >= 4 is 17.7 Å². The van der Waals surface area contributed by atoms with E-state index in [1.807, 2.05) is 6.92 Å². The highest BCUT2D eigenvalue weighted by Gasteiger charge is 2.24. The molecule has 0 saturated heterocycles. The number of rotatable bonds is 7. The third-order valence-electron chi connectivity index (χ3n) is 3.46. The van der Waals surface area contributed by atoms with E-state index in [-0.39, 0.29) is 6.54 Å². The van der Waals surface area contributed by atoms with E-state index in [4.69, 9.17) is 4.74 Å². The van der Waals surface area contributed by atoms with Gasteiger partial charge in [0, 0.05) is 31.9 Å². The Labute approximate surface area is 139 Å². The van der Waals surface area contributed by atoms with E-state index in [9.17, 15) is 14.4 Å². The van der Waals surface area contributed by atoms with Crippen molar-refractivity contribution in [3.8, 4) is 0 Å². The van der Waals surface area contributed by atoms with E-state index in [2.05, 4.69) is 20.9 Å². The average Bonchev–Trinajstić information content (AvgIpc) is 2.61. The fourth-order valence-corrected chi connectivity index (χ4v) is 2.24. The Morgan fingerprint density at radius 3 is 2.75 bits per heavy atom. The van der Waals surface area contributed by atoms with Crippen molar-refractivity contribution in [2.45, 2.75) is 19.4 Å². The van der Waals surface area contributed by atoms with Crippen molar-refractivity contribution in [3.05, 3.63) is 35.4 Å². The molecule has 2 rings (SSSR count). The molecule has 0 saturated carbocycles. The summed E-state index contributed by atoms with van der Waals surface area (Å²) in [4.78, 5) is 35.1. The summed E-state index contributed by atoms with van der Waals surface area (Å²) in [5.41, 5.74) is 1.15. The van der Waals surface area contributed by atoms with Crippen LogP contribution in [0, 0.1) is 0 Å². The zero-order chi connectivity index (χ0) is 17.4. The van der Waals surface area contributed by atoms with E-state index in [0.29, 0.717) is 37.3 Å². The lowest BCUT2D eigenvalue weighted by Gasteiger charge is -2.18. The van der Waals surface area contributed by atoms with Crippen LogP contribution in [0.2, 0.25) is 0 Å². The Balaban J connectivity index is 1.80. The molecule has 1 aromatic rings. The van der Waals surface area contributed by atoms with Gasteiger partial charge in [0.1, 0.15) is 6.04 Å². The Morgan fingerprint density at radius 2 is 1.96 bits per heavy atom. The van der Waals surface area contributed by atoms with E-state index in [1.54, 1.807) is 24.3 Å². The normalized spacial score (nSPS) is 15.7. The maximum atomic E-state index is 11.8. The summed E-state index contributed by atoms with van der Waals surface area (Å²) >= 11 is 0. The van der Waals surface area contributed by atoms with E-state index in [1.165, 1.54) is 0 Å². The van der Waals surface area contributed by atoms with Gasteiger partial charge in [-0.25, -0.2) is 0 Å². The molecule has 1 atom stereocenters. The van der Waals surface area contributed by atoms with Crippen LogP contribution in [0.5, 0.6) is 0 Å². The number of amides is 3. The van der Waals surface area contributed by atoms with E-state index in [0.717, 1.165) is 0 Å². The largest absolute Gasteiger partial charge is 0.382 e. The average molecular weight is 332 g/mol. The fourth-order valence-electron chi connectivity index (χ4n) is 2.24. The number of fused-ring (bicyclic) bond motifs is 1. The lowest BCUT2D eigenvalue weighted by atomic mass is 9.99. The number of azo groups is 1. The number of benzene rings is 1. The topological polar surface area (TPSA) is 109 Å². The minimum atomic E-state index is -0.740. The van der Waals surface area contributed by atoms with Gasteiger partial charge in [-0.3, -0.25) is 14.4 Å². The number of nitrogens with one attached hydrogen (secondary N) is 2. The highest BCUT2D eigenvalue weighted by atomic mass is 16.5. The third kappa shape index (κ3) is 4.69. The molecule has 1 heterocycles. The van der Waals surface area contributed by atoms with Crippen LogP contribution in [0.3, 0.4) is 0 Å². The van der Waals surface area contributed by atoms with E-state index < -0.39 is 23.8 Å². The molecule has 1 aliphatic heterocycles. The van der Waals surface area contributed by atoms with Gasteiger partial charge in [0.2, 0.25) is 0 Å². The van der Waals surface area contributed by atoms with Crippen LogP contribution in [0.15, 0.2) is 34.5 Å². The fraction of sp³-hybridized carbons (Fsp3) is 0.438. The number of hydrogen-bond acceptors (Lipinski definition) is 5. The highest BCUT2D eigenvalue weighted by molar-refractivity contribution is 6.35. The third-order valence-corrected chi connectivity index (χ3v) is 3.46. The first kappa shape index (κ1) is 17.7. The second kappa shape index (κ2) is 8.88. The van der Waals surface area contributed by atoms with Crippen LogP contribution in [-0.4, -0.2) is 44.0 Å². The SMILES string of the molecule is CCOCCCNC(=O)C(=O)NCC1N=NC(=O)c2ccccc21. The number of hydrogen-bond donors (Lipinski definition) is 2. The quantitative estimate of drug-likeness (QED) is 0.573. The second-order valence-electron chi connectivity index (χ2n) is 5.14. The molecule has 1 aliphatic rings. The standard InChI is InChI=1S/C16H20N4O4/c1-2-24-9-5-8-17-15(22)16(23)18-10-13-11-6-3-4-7-12(11)14(21)20-19-13/h3-4,6-7,13H,2,5,8-10H2,1H3,(H,17,22)(H,18,23). The van der Waals surface area contributed by atoms with Gasteiger partial charge in [-0.1, -0.05) is 18.2 Å². The lowest BCUT2D eigenvalue weighted by Crippen LogP contribution is -2.42. The van der Waals surface area contributed by atoms with Crippen molar-refractivity contribution in [2.24, 2.45) is 10.2 Å². The lowest BCUT2D eigenvalue weighted by molar-refractivity contribution is -0.139. The van der Waals surface area contributed by atoms with Crippen LogP contribution < -0.4 is 10.6 Å². The summed E-state index contributed by atoms with van der Waals surface area (Å²) in [6.45, 7) is 3.51. The molecule has 0 radical (unpaired) electrons. The molecule has 8 heteroatoms. The number of ether oxygens (including phenoxy) is 1. The maximum absolute atomic E-state index is 11.8. The van der Waals surface area contributed by atoms with Gasteiger partial charge < -0.3 is 15.4 Å². The van der Waals surface area contributed by atoms with Gasteiger partial charge in [-0.15, -0.1) is 5.11 Å². The van der Waals surface area contributed by atoms with Crippen LogP contribution in [0.25, 0.3) is 0 Å². The molecular formula is C16H20N4O4. The molecule has 128 valence electrons. The maximum Gasteiger partial charge on any atom is 0.309 e. The first-order valence-electron chi connectivity index (χ1n) is 7.81. The van der Waals surface area contributed by atoms with Crippen LogP contribution in [0.4, 0.5) is 0 Å². The Kier molecular flexibility index (Phi) is 6.56. The Hall–Kier alpha value is -2.61. The number of carbonyl (C=O) groups is 3. The predicted octanol–water partition coefficient (Wildman–Crippen LogP) is 0.993. The molecular weight excluding hydrogens is 312 g/mol. The van der Waals surface area contributed by atoms with Gasteiger partial charge in [-0.05, 0) is 25.0 Å². The molecule has 24 heavy (non-hydrogen) atoms. The molecule has 0 bridgehead atoms. The molecule has 0 spiro atoms. The molecule has 3 amide bonds. The molecule has 0 fully saturated rings. The van der Waals surface area contributed by atoms with Gasteiger partial charge in [0.15, 0.2) is 0 Å². The van der Waals surface area contributed by atoms with Crippen LogP contribution in [0.1, 0.15) is 35.3 Å². The summed E-state index contributed by atoms with van der Waals surface area (Å²) in [6.07, 6.45) is 0.638. The minimum absolute atomic E-state index is 0.0962. The summed E-state index contributed by atoms with van der Waals surface area (Å²) < 4.78 is 5.14. The summed E-state index contributed by atoms with van der Waals surface area (Å²) in [6, 6.07) is 6.47. The van der Waals surface area contributed by atoms with E-state index >= 15 is 0 Å². The second-order valence-corrected chi connectivity index (χ2v) is 5.14. The molecule has 0 aliphatic carbocycles. The van der Waals surface area contributed by atoms with Gasteiger partial charge in [0.05, 0.1) is 0 Å².